The summed E-state index contributed by atoms with van der Waals surface area (Å²) in [5.74, 6) is 0. The van der Waals surface area contributed by atoms with Crippen LogP contribution in [0.3, 0.4) is 0 Å². The first-order valence-electron chi connectivity index (χ1n) is 8.09. The second-order valence-corrected chi connectivity index (χ2v) is 6.20. The lowest BCUT2D eigenvalue weighted by atomic mass is 10.1. The molecule has 1 heteroatoms. The van der Waals surface area contributed by atoms with Gasteiger partial charge < -0.3 is 4.90 Å². The fourth-order valence-corrected chi connectivity index (χ4v) is 2.91. The molecule has 0 amide bonds. The van der Waals surface area contributed by atoms with Gasteiger partial charge in [-0.2, -0.15) is 0 Å². The van der Waals surface area contributed by atoms with Crippen molar-refractivity contribution in [3.8, 4) is 0 Å². The Morgan fingerprint density at radius 3 is 2.00 bits per heavy atom. The average molecular weight is 301 g/mol. The van der Waals surface area contributed by atoms with Gasteiger partial charge in [0.2, 0.25) is 0 Å². The molecule has 3 aromatic rings. The molecule has 0 spiro atoms. The van der Waals surface area contributed by atoms with E-state index in [1.165, 1.54) is 33.6 Å². The molecule has 0 bridgehead atoms. The molecule has 3 rings (SSSR count). The third-order valence-corrected chi connectivity index (χ3v) is 4.17. The molecule has 0 saturated carbocycles. The summed E-state index contributed by atoms with van der Waals surface area (Å²) in [6.07, 6.45) is 0. The zero-order valence-corrected chi connectivity index (χ0v) is 14.1. The van der Waals surface area contributed by atoms with Crippen LogP contribution < -0.4 is 4.90 Å². The van der Waals surface area contributed by atoms with Gasteiger partial charge in [0.15, 0.2) is 0 Å². The molecule has 0 unspecified atom stereocenters. The van der Waals surface area contributed by atoms with Crippen LogP contribution in [0, 0.1) is 20.8 Å². The van der Waals surface area contributed by atoms with Crippen LogP contribution >= 0.6 is 0 Å². The van der Waals surface area contributed by atoms with Crippen molar-refractivity contribution in [2.45, 2.75) is 27.3 Å². The minimum absolute atomic E-state index is 0.869. The Hall–Kier alpha value is -2.54. The maximum absolute atomic E-state index is 2.39. The van der Waals surface area contributed by atoms with Gasteiger partial charge in [0.05, 0.1) is 0 Å². The molecule has 0 aliphatic rings. The van der Waals surface area contributed by atoms with E-state index in [9.17, 15) is 0 Å². The van der Waals surface area contributed by atoms with E-state index in [0.29, 0.717) is 0 Å². The monoisotopic (exact) mass is 301 g/mol. The number of hydrogen-bond acceptors (Lipinski definition) is 1. The summed E-state index contributed by atoms with van der Waals surface area (Å²) >= 11 is 0. The maximum atomic E-state index is 2.39. The fraction of sp³-hybridized carbons (Fsp3) is 0.182. The zero-order chi connectivity index (χ0) is 16.2. The molecule has 0 aromatic heterocycles. The topological polar surface area (TPSA) is 3.24 Å². The molecule has 0 aliphatic carbocycles. The quantitative estimate of drug-likeness (QED) is 0.575. The van der Waals surface area contributed by atoms with Crippen molar-refractivity contribution in [3.05, 3.63) is 95.1 Å². The normalized spacial score (nSPS) is 10.6. The van der Waals surface area contributed by atoms with Gasteiger partial charge in [-0.05, 0) is 50.1 Å². The van der Waals surface area contributed by atoms with Crippen LogP contribution in [0.1, 0.15) is 22.3 Å². The van der Waals surface area contributed by atoms with Gasteiger partial charge in [0, 0.05) is 17.9 Å². The summed E-state index contributed by atoms with van der Waals surface area (Å²) in [5.41, 5.74) is 7.71. The lowest BCUT2D eigenvalue weighted by Gasteiger charge is -2.27. The van der Waals surface area contributed by atoms with Gasteiger partial charge in [-0.3, -0.25) is 0 Å². The Morgan fingerprint density at radius 2 is 1.35 bits per heavy atom. The third-order valence-electron chi connectivity index (χ3n) is 4.17. The predicted molar refractivity (Wildman–Crippen MR) is 99.4 cm³/mol. The Kier molecular flexibility index (Phi) is 4.47. The molecule has 116 valence electrons. The van der Waals surface area contributed by atoms with E-state index in [4.69, 9.17) is 0 Å². The van der Waals surface area contributed by atoms with Crippen LogP contribution in [0.5, 0.6) is 0 Å². The first kappa shape index (κ1) is 15.4. The molecule has 0 heterocycles. The molecule has 0 N–H and O–H groups in total. The summed E-state index contributed by atoms with van der Waals surface area (Å²) < 4.78 is 0. The predicted octanol–water partition coefficient (Wildman–Crippen LogP) is 5.95. The van der Waals surface area contributed by atoms with Crippen molar-refractivity contribution in [2.24, 2.45) is 0 Å². The Morgan fingerprint density at radius 1 is 0.696 bits per heavy atom. The first-order valence-corrected chi connectivity index (χ1v) is 8.09. The number of aryl methyl sites for hydroxylation is 3. The van der Waals surface area contributed by atoms with Gasteiger partial charge in [-0.25, -0.2) is 0 Å². The Labute approximate surface area is 139 Å². The molecule has 23 heavy (non-hydrogen) atoms. The molecule has 3 aromatic carbocycles. The highest BCUT2D eigenvalue weighted by atomic mass is 15.1. The van der Waals surface area contributed by atoms with E-state index in [1.807, 2.05) is 0 Å². The van der Waals surface area contributed by atoms with E-state index in [-0.39, 0.29) is 0 Å². The zero-order valence-electron chi connectivity index (χ0n) is 14.1. The van der Waals surface area contributed by atoms with Crippen LogP contribution in [0.15, 0.2) is 72.8 Å². The van der Waals surface area contributed by atoms with E-state index < -0.39 is 0 Å². The van der Waals surface area contributed by atoms with Crippen LogP contribution in [-0.4, -0.2) is 0 Å². The lowest BCUT2D eigenvalue weighted by molar-refractivity contribution is 0.967. The number of hydrogen-bond donors (Lipinski definition) is 0. The summed E-state index contributed by atoms with van der Waals surface area (Å²) in [6.45, 7) is 7.33. The van der Waals surface area contributed by atoms with E-state index in [2.05, 4.69) is 98.5 Å². The average Bonchev–Trinajstić information content (AvgIpc) is 2.56. The molecular weight excluding hydrogens is 278 g/mol. The smallest absolute Gasteiger partial charge is 0.0481 e. The van der Waals surface area contributed by atoms with Crippen molar-refractivity contribution < 1.29 is 0 Å². The van der Waals surface area contributed by atoms with Gasteiger partial charge in [-0.1, -0.05) is 65.7 Å². The molecule has 0 aliphatic heterocycles. The van der Waals surface area contributed by atoms with Crippen LogP contribution in [0.25, 0.3) is 0 Å². The molecule has 0 saturated heterocycles. The molecule has 1 nitrogen and oxygen atoms in total. The minimum atomic E-state index is 0.869. The number of rotatable bonds is 4. The summed E-state index contributed by atoms with van der Waals surface area (Å²) in [5, 5.41) is 0. The SMILES string of the molecule is Cc1ccc(CN(c2ccccc2)c2ccc(C)cc2C)cc1. The number of anilines is 2. The van der Waals surface area contributed by atoms with Gasteiger partial charge in [0.1, 0.15) is 0 Å². The van der Waals surface area contributed by atoms with Crippen molar-refractivity contribution in [1.29, 1.82) is 0 Å². The summed E-state index contributed by atoms with van der Waals surface area (Å²) in [4.78, 5) is 2.39. The molecule has 0 atom stereocenters. The van der Waals surface area contributed by atoms with Crippen molar-refractivity contribution in [3.63, 3.8) is 0 Å². The van der Waals surface area contributed by atoms with Crippen molar-refractivity contribution in [1.82, 2.24) is 0 Å². The largest absolute Gasteiger partial charge is 0.337 e. The van der Waals surface area contributed by atoms with Crippen molar-refractivity contribution >= 4 is 11.4 Å². The standard InChI is InChI=1S/C22H23N/c1-17-9-12-20(13-10-17)16-23(21-7-5-4-6-8-21)22-14-11-18(2)15-19(22)3/h4-15H,16H2,1-3H3. The van der Waals surface area contributed by atoms with Gasteiger partial charge in [-0.15, -0.1) is 0 Å². The van der Waals surface area contributed by atoms with Crippen LogP contribution in [0.4, 0.5) is 11.4 Å². The summed E-state index contributed by atoms with van der Waals surface area (Å²) in [7, 11) is 0. The Balaban J connectivity index is 2.01. The summed E-state index contributed by atoms with van der Waals surface area (Å²) in [6, 6.07) is 26.1. The van der Waals surface area contributed by atoms with Gasteiger partial charge in [0.25, 0.3) is 0 Å². The lowest BCUT2D eigenvalue weighted by Crippen LogP contribution is -2.17. The fourth-order valence-electron chi connectivity index (χ4n) is 2.91. The number of para-hydroxylation sites is 1. The van der Waals surface area contributed by atoms with E-state index in [0.717, 1.165) is 6.54 Å². The highest BCUT2D eigenvalue weighted by Gasteiger charge is 2.12. The minimum Gasteiger partial charge on any atom is -0.337 e. The van der Waals surface area contributed by atoms with Crippen LogP contribution in [-0.2, 0) is 6.54 Å². The first-order chi connectivity index (χ1) is 11.1. The van der Waals surface area contributed by atoms with Gasteiger partial charge >= 0.3 is 0 Å². The highest BCUT2D eigenvalue weighted by Crippen LogP contribution is 2.30. The molecule has 0 radical (unpaired) electrons. The Bertz CT molecular complexity index is 773. The highest BCUT2D eigenvalue weighted by molar-refractivity contribution is 5.66. The van der Waals surface area contributed by atoms with Crippen molar-refractivity contribution in [2.75, 3.05) is 4.90 Å². The van der Waals surface area contributed by atoms with Crippen LogP contribution in [0.2, 0.25) is 0 Å². The molecule has 0 fully saturated rings. The van der Waals surface area contributed by atoms with E-state index >= 15 is 0 Å². The number of benzene rings is 3. The van der Waals surface area contributed by atoms with E-state index in [1.54, 1.807) is 0 Å². The third kappa shape index (κ3) is 3.62. The maximum Gasteiger partial charge on any atom is 0.0481 e. The second-order valence-electron chi connectivity index (χ2n) is 6.20. The molecular formula is C22H23N. The number of nitrogens with zero attached hydrogens (tertiary/aromatic N) is 1. The second kappa shape index (κ2) is 6.70.